The van der Waals surface area contributed by atoms with Gasteiger partial charge < -0.3 is 10.2 Å². The van der Waals surface area contributed by atoms with Crippen molar-refractivity contribution in [3.63, 3.8) is 0 Å². The second-order valence-corrected chi connectivity index (χ2v) is 4.12. The summed E-state index contributed by atoms with van der Waals surface area (Å²) in [5, 5.41) is 2.74. The van der Waals surface area contributed by atoms with E-state index >= 15 is 0 Å². The molecule has 4 heteroatoms. The minimum atomic E-state index is -0.369. The van der Waals surface area contributed by atoms with Crippen LogP contribution in [0.4, 0.5) is 0 Å². The molecule has 0 aliphatic heterocycles. The Bertz CT molecular complexity index is 217. The van der Waals surface area contributed by atoms with E-state index in [1.165, 1.54) is 31.8 Å². The van der Waals surface area contributed by atoms with Gasteiger partial charge in [0, 0.05) is 25.4 Å². The quantitative estimate of drug-likeness (QED) is 0.351. The molecule has 0 aromatic heterocycles. The van der Waals surface area contributed by atoms with Crippen LogP contribution in [0, 0.1) is 0 Å². The molecular weight excluding hydrogens is 216 g/mol. The Kier molecular flexibility index (Phi) is 10.8. The summed E-state index contributed by atoms with van der Waals surface area (Å²) in [6.07, 6.45) is 9.89. The number of carbonyl (C=O) groups excluding carboxylic acids is 1. The van der Waals surface area contributed by atoms with Gasteiger partial charge in [0.1, 0.15) is 0 Å². The summed E-state index contributed by atoms with van der Waals surface area (Å²) in [5.74, 6) is -0.369. The van der Waals surface area contributed by atoms with Crippen molar-refractivity contribution in [2.75, 3.05) is 7.05 Å². The molecule has 0 rings (SSSR count). The Morgan fingerprint density at radius 3 is 2.65 bits per heavy atom. The third kappa shape index (κ3) is 9.87. The molecule has 2 N–H and O–H groups in total. The smallest absolute Gasteiger partial charge is 0.350 e. The molecular formula is C13H26N2O2. The van der Waals surface area contributed by atoms with Crippen LogP contribution >= 0.6 is 0 Å². The van der Waals surface area contributed by atoms with Gasteiger partial charge in [0.15, 0.2) is 0 Å². The molecule has 0 aliphatic carbocycles. The number of carbonyl (C=O) groups is 1. The third-order valence-corrected chi connectivity index (χ3v) is 2.61. The first-order chi connectivity index (χ1) is 8.24. The number of hydroxylamine groups is 1. The second-order valence-electron chi connectivity index (χ2n) is 4.12. The third-order valence-electron chi connectivity index (χ3n) is 2.61. The summed E-state index contributed by atoms with van der Waals surface area (Å²) in [7, 11) is 1.74. The summed E-state index contributed by atoms with van der Waals surface area (Å²) in [4.78, 5) is 16.1. The highest BCUT2D eigenvalue weighted by Crippen LogP contribution is 2.07. The molecule has 1 unspecified atom stereocenters. The molecule has 0 saturated heterocycles. The lowest BCUT2D eigenvalue weighted by molar-refractivity contribution is -0.147. The van der Waals surface area contributed by atoms with Crippen LogP contribution in [0.5, 0.6) is 0 Å². The van der Waals surface area contributed by atoms with Crippen LogP contribution in [0.2, 0.25) is 0 Å². The van der Waals surface area contributed by atoms with Gasteiger partial charge in [0.2, 0.25) is 0 Å². The molecule has 1 atom stereocenters. The van der Waals surface area contributed by atoms with E-state index in [0.717, 1.165) is 12.8 Å². The fourth-order valence-electron chi connectivity index (χ4n) is 1.49. The van der Waals surface area contributed by atoms with Gasteiger partial charge in [0.25, 0.3) is 0 Å². The Hall–Kier alpha value is -1.03. The predicted octanol–water partition coefficient (Wildman–Crippen LogP) is 2.52. The van der Waals surface area contributed by atoms with Crippen LogP contribution < -0.4 is 10.8 Å². The van der Waals surface area contributed by atoms with E-state index in [1.807, 2.05) is 0 Å². The van der Waals surface area contributed by atoms with Crippen LogP contribution in [-0.2, 0) is 9.63 Å². The molecule has 0 fully saturated rings. The van der Waals surface area contributed by atoms with E-state index < -0.39 is 0 Å². The van der Waals surface area contributed by atoms with Gasteiger partial charge in [-0.2, -0.15) is 0 Å². The minimum absolute atomic E-state index is 0.263. The normalized spacial score (nSPS) is 12.6. The lowest BCUT2D eigenvalue weighted by Gasteiger charge is -2.15. The first-order valence-corrected chi connectivity index (χ1v) is 6.54. The largest absolute Gasteiger partial charge is 0.394 e. The molecule has 0 radical (unpaired) electrons. The van der Waals surface area contributed by atoms with Crippen molar-refractivity contribution >= 4 is 5.97 Å². The minimum Gasteiger partial charge on any atom is -0.394 e. The first-order valence-electron chi connectivity index (χ1n) is 6.54. The Balaban J connectivity index is 3.66. The zero-order valence-electron chi connectivity index (χ0n) is 11.3. The van der Waals surface area contributed by atoms with Crippen LogP contribution in [0.15, 0.2) is 12.3 Å². The Morgan fingerprint density at radius 2 is 2.06 bits per heavy atom. The van der Waals surface area contributed by atoms with Crippen LogP contribution in [-0.4, -0.2) is 19.1 Å². The summed E-state index contributed by atoms with van der Waals surface area (Å²) in [5.41, 5.74) is 2.83. The molecule has 0 aromatic carbocycles. The summed E-state index contributed by atoms with van der Waals surface area (Å²) in [6.45, 7) is 4.29. The van der Waals surface area contributed by atoms with E-state index in [2.05, 4.69) is 24.6 Å². The highest BCUT2D eigenvalue weighted by molar-refractivity contribution is 5.81. The van der Waals surface area contributed by atoms with Crippen LogP contribution in [0.3, 0.4) is 0 Å². The molecule has 0 bridgehead atoms. The van der Waals surface area contributed by atoms with E-state index in [1.54, 1.807) is 13.2 Å². The lowest BCUT2D eigenvalue weighted by Crippen LogP contribution is -2.30. The van der Waals surface area contributed by atoms with Gasteiger partial charge in [-0.1, -0.05) is 39.5 Å². The summed E-state index contributed by atoms with van der Waals surface area (Å²) >= 11 is 0. The Labute approximate surface area is 105 Å². The number of hydrogen-bond donors (Lipinski definition) is 2. The maximum atomic E-state index is 11.2. The van der Waals surface area contributed by atoms with Gasteiger partial charge in [0.05, 0.1) is 0 Å². The number of nitrogens with one attached hydrogen (secondary N) is 2. The van der Waals surface area contributed by atoms with Gasteiger partial charge in [-0.05, 0) is 12.8 Å². The highest BCUT2D eigenvalue weighted by atomic mass is 16.7. The number of rotatable bonds is 10. The Morgan fingerprint density at radius 1 is 1.29 bits per heavy atom. The van der Waals surface area contributed by atoms with Crippen molar-refractivity contribution < 1.29 is 9.63 Å². The van der Waals surface area contributed by atoms with Crippen molar-refractivity contribution in [2.45, 2.75) is 58.4 Å². The number of hydrogen-bond acceptors (Lipinski definition) is 4. The van der Waals surface area contributed by atoms with Crippen LogP contribution in [0.25, 0.3) is 0 Å². The molecule has 0 aliphatic rings. The highest BCUT2D eigenvalue weighted by Gasteiger charge is 2.07. The molecule has 100 valence electrons. The van der Waals surface area contributed by atoms with E-state index in [4.69, 9.17) is 4.84 Å². The van der Waals surface area contributed by atoms with Crippen molar-refractivity contribution in [2.24, 2.45) is 0 Å². The maximum absolute atomic E-state index is 11.2. The molecule has 0 spiro atoms. The fraction of sp³-hybridized carbons (Fsp3) is 0.769. The average molecular weight is 242 g/mol. The number of unbranched alkanes of at least 4 members (excludes halogenated alkanes) is 3. The van der Waals surface area contributed by atoms with E-state index in [-0.39, 0.29) is 12.0 Å². The maximum Gasteiger partial charge on any atom is 0.350 e. The van der Waals surface area contributed by atoms with Gasteiger partial charge in [-0.25, -0.2) is 4.79 Å². The van der Waals surface area contributed by atoms with E-state index in [9.17, 15) is 4.79 Å². The molecule has 0 heterocycles. The van der Waals surface area contributed by atoms with Gasteiger partial charge in [-0.3, -0.25) is 0 Å². The van der Waals surface area contributed by atoms with Gasteiger partial charge in [-0.15, -0.1) is 5.48 Å². The van der Waals surface area contributed by atoms with Crippen molar-refractivity contribution in [1.29, 1.82) is 0 Å². The lowest BCUT2D eigenvalue weighted by atomic mass is 10.1. The first kappa shape index (κ1) is 16.0. The SMILES string of the molecule is CCCCCCC(CC)NOC(=O)C=CNC. The average Bonchev–Trinajstić information content (AvgIpc) is 2.35. The molecule has 4 nitrogen and oxygen atoms in total. The predicted molar refractivity (Wildman–Crippen MR) is 70.3 cm³/mol. The molecule has 17 heavy (non-hydrogen) atoms. The van der Waals surface area contributed by atoms with Crippen molar-refractivity contribution in [3.8, 4) is 0 Å². The fourth-order valence-corrected chi connectivity index (χ4v) is 1.49. The zero-order valence-corrected chi connectivity index (χ0v) is 11.3. The molecule has 0 aromatic rings. The standard InChI is InChI=1S/C13H26N2O2/c1-4-6-7-8-9-12(5-2)15-17-13(16)10-11-14-3/h10-12,14-15H,4-9H2,1-3H3. The van der Waals surface area contributed by atoms with Crippen molar-refractivity contribution in [1.82, 2.24) is 10.8 Å². The van der Waals surface area contributed by atoms with E-state index in [0.29, 0.717) is 0 Å². The topological polar surface area (TPSA) is 50.4 Å². The van der Waals surface area contributed by atoms with Crippen molar-refractivity contribution in [3.05, 3.63) is 12.3 Å². The monoisotopic (exact) mass is 242 g/mol. The van der Waals surface area contributed by atoms with Crippen LogP contribution in [0.1, 0.15) is 52.4 Å². The summed E-state index contributed by atoms with van der Waals surface area (Å²) in [6, 6.07) is 0.263. The zero-order chi connectivity index (χ0) is 12.9. The molecule has 0 amide bonds. The second kappa shape index (κ2) is 11.5. The van der Waals surface area contributed by atoms with Gasteiger partial charge >= 0.3 is 5.97 Å². The summed E-state index contributed by atoms with van der Waals surface area (Å²) < 4.78 is 0. The molecule has 0 saturated carbocycles.